The third-order valence-corrected chi connectivity index (χ3v) is 8.09. The zero-order valence-corrected chi connectivity index (χ0v) is 23.4. The van der Waals surface area contributed by atoms with Crippen LogP contribution in [0.3, 0.4) is 0 Å². The molecule has 39 heavy (non-hydrogen) atoms. The fourth-order valence-electron chi connectivity index (χ4n) is 5.68. The lowest BCUT2D eigenvalue weighted by molar-refractivity contribution is 0.0634. The summed E-state index contributed by atoms with van der Waals surface area (Å²) in [6.07, 6.45) is 1.83. The lowest BCUT2D eigenvalue weighted by Crippen LogP contribution is -2.48. The molecule has 2 aliphatic heterocycles. The maximum absolute atomic E-state index is 13.5. The Morgan fingerprint density at radius 2 is 1.74 bits per heavy atom. The fraction of sp³-hybridized carbons (Fsp3) is 0.484. The molecule has 2 saturated heterocycles. The molecule has 0 saturated carbocycles. The predicted octanol–water partition coefficient (Wildman–Crippen LogP) is 4.99. The summed E-state index contributed by atoms with van der Waals surface area (Å²) in [5.41, 5.74) is 5.23. The van der Waals surface area contributed by atoms with E-state index in [2.05, 4.69) is 41.9 Å². The van der Waals surface area contributed by atoms with E-state index in [0.717, 1.165) is 66.9 Å². The number of carbonyl (C=O) groups excluding carboxylic acids is 2. The minimum atomic E-state index is -0.216. The van der Waals surface area contributed by atoms with Gasteiger partial charge in [0, 0.05) is 62.8 Å². The van der Waals surface area contributed by atoms with Gasteiger partial charge in [-0.1, -0.05) is 24.3 Å². The smallest absolute Gasteiger partial charge is 0.409 e. The predicted molar refractivity (Wildman–Crippen MR) is 152 cm³/mol. The van der Waals surface area contributed by atoms with Crippen molar-refractivity contribution in [2.45, 2.75) is 40.2 Å². The van der Waals surface area contributed by atoms with Gasteiger partial charge in [0.05, 0.1) is 24.3 Å². The van der Waals surface area contributed by atoms with Crippen LogP contribution < -0.4 is 4.74 Å². The second kappa shape index (κ2) is 12.1. The van der Waals surface area contributed by atoms with Crippen molar-refractivity contribution in [3.8, 4) is 5.75 Å². The Bertz CT molecular complexity index is 1290. The van der Waals surface area contributed by atoms with Crippen molar-refractivity contribution in [1.82, 2.24) is 19.7 Å². The van der Waals surface area contributed by atoms with Crippen molar-refractivity contribution in [2.75, 3.05) is 52.5 Å². The van der Waals surface area contributed by atoms with Crippen molar-refractivity contribution in [2.24, 2.45) is 5.92 Å². The fourth-order valence-corrected chi connectivity index (χ4v) is 5.68. The number of para-hydroxylation sites is 1. The van der Waals surface area contributed by atoms with Crippen molar-refractivity contribution in [3.05, 3.63) is 64.8 Å². The van der Waals surface area contributed by atoms with E-state index in [1.165, 1.54) is 11.1 Å². The first kappa shape index (κ1) is 27.1. The molecule has 5 rings (SSSR count). The van der Waals surface area contributed by atoms with Crippen LogP contribution in [-0.2, 0) is 11.3 Å². The lowest BCUT2D eigenvalue weighted by atomic mass is 9.97. The number of benzene rings is 2. The first-order valence-corrected chi connectivity index (χ1v) is 14.2. The van der Waals surface area contributed by atoms with E-state index in [-0.39, 0.29) is 12.0 Å². The Balaban J connectivity index is 1.11. The van der Waals surface area contributed by atoms with Crippen LogP contribution in [0.5, 0.6) is 5.75 Å². The summed E-state index contributed by atoms with van der Waals surface area (Å²) in [5.74, 6) is 1.26. The van der Waals surface area contributed by atoms with E-state index in [1.807, 2.05) is 36.1 Å². The largest absolute Gasteiger partial charge is 0.493 e. The highest BCUT2D eigenvalue weighted by atomic mass is 16.6. The molecule has 8 heteroatoms. The molecule has 208 valence electrons. The van der Waals surface area contributed by atoms with Gasteiger partial charge in [-0.2, -0.15) is 0 Å². The Morgan fingerprint density at radius 3 is 2.49 bits per heavy atom. The summed E-state index contributed by atoms with van der Waals surface area (Å²) in [6, 6.07) is 14.3. The first-order valence-electron chi connectivity index (χ1n) is 14.2. The highest BCUT2D eigenvalue weighted by Gasteiger charge is 2.27. The van der Waals surface area contributed by atoms with Crippen molar-refractivity contribution in [1.29, 1.82) is 0 Å². The molecule has 8 nitrogen and oxygen atoms in total. The molecule has 2 amide bonds. The molecule has 1 N–H and O–H groups in total. The number of aryl methyl sites for hydroxylation is 2. The number of carbonyl (C=O) groups is 2. The summed E-state index contributed by atoms with van der Waals surface area (Å²) >= 11 is 0. The topological polar surface area (TPSA) is 78.1 Å². The van der Waals surface area contributed by atoms with Crippen LogP contribution in [0.25, 0.3) is 10.9 Å². The van der Waals surface area contributed by atoms with E-state index in [1.54, 1.807) is 4.90 Å². The average molecular weight is 533 g/mol. The van der Waals surface area contributed by atoms with Crippen LogP contribution in [-0.4, -0.2) is 84.2 Å². The SMILES string of the molecule is CCOC(=O)N1CCN(Cc2ccc(OC[C@@H]3CCCN(C(=O)c4cccc5c(C)c(C)[nH]c45)C3)cc2)CC1. The molecule has 3 aromatic rings. The third-order valence-electron chi connectivity index (χ3n) is 8.09. The number of rotatable bonds is 7. The summed E-state index contributed by atoms with van der Waals surface area (Å²) in [4.78, 5) is 34.9. The summed E-state index contributed by atoms with van der Waals surface area (Å²) in [7, 11) is 0. The van der Waals surface area contributed by atoms with Crippen LogP contribution in [0.15, 0.2) is 42.5 Å². The number of aromatic amines is 1. The van der Waals surface area contributed by atoms with Gasteiger partial charge in [0.25, 0.3) is 5.91 Å². The molecular weight excluding hydrogens is 492 g/mol. The monoisotopic (exact) mass is 532 g/mol. The molecule has 3 heterocycles. The van der Waals surface area contributed by atoms with E-state index in [4.69, 9.17) is 9.47 Å². The van der Waals surface area contributed by atoms with E-state index in [9.17, 15) is 9.59 Å². The van der Waals surface area contributed by atoms with E-state index < -0.39 is 0 Å². The number of aromatic nitrogens is 1. The van der Waals surface area contributed by atoms with Gasteiger partial charge in [-0.05, 0) is 62.9 Å². The van der Waals surface area contributed by atoms with Gasteiger partial charge in [0.15, 0.2) is 0 Å². The van der Waals surface area contributed by atoms with Gasteiger partial charge >= 0.3 is 6.09 Å². The van der Waals surface area contributed by atoms with Gasteiger partial charge in [0.2, 0.25) is 0 Å². The molecule has 0 aliphatic carbocycles. The Kier molecular flexibility index (Phi) is 8.41. The number of H-pyrrole nitrogens is 1. The van der Waals surface area contributed by atoms with E-state index in [0.29, 0.717) is 38.8 Å². The quantitative estimate of drug-likeness (QED) is 0.464. The number of amides is 2. The van der Waals surface area contributed by atoms with Crippen LogP contribution in [0.1, 0.15) is 46.9 Å². The number of hydrogen-bond donors (Lipinski definition) is 1. The van der Waals surface area contributed by atoms with Crippen molar-refractivity contribution < 1.29 is 19.1 Å². The number of nitrogens with zero attached hydrogens (tertiary/aromatic N) is 3. The maximum atomic E-state index is 13.5. The molecular formula is C31H40N4O4. The maximum Gasteiger partial charge on any atom is 0.409 e. The molecule has 2 fully saturated rings. The number of nitrogens with one attached hydrogen (secondary N) is 1. The molecule has 0 radical (unpaired) electrons. The summed E-state index contributed by atoms with van der Waals surface area (Å²) in [6.45, 7) is 12.4. The lowest BCUT2D eigenvalue weighted by Gasteiger charge is -2.34. The molecule has 1 aromatic heterocycles. The number of likely N-dealkylation sites (tertiary alicyclic amines) is 1. The number of ether oxygens (including phenoxy) is 2. The number of fused-ring (bicyclic) bond motifs is 1. The molecule has 1 atom stereocenters. The highest BCUT2D eigenvalue weighted by molar-refractivity contribution is 6.06. The van der Waals surface area contributed by atoms with Crippen LogP contribution in [0.4, 0.5) is 4.79 Å². The van der Waals surface area contributed by atoms with E-state index >= 15 is 0 Å². The first-order chi connectivity index (χ1) is 18.9. The normalized spacial score (nSPS) is 18.4. The standard InChI is InChI=1S/C31H40N4O4/c1-4-38-31(37)34-17-15-33(16-18-34)19-24-10-12-26(13-11-24)39-21-25-7-6-14-35(20-25)30(36)28-9-5-8-27-22(2)23(3)32-29(27)28/h5,8-13,25,32H,4,6-7,14-21H2,1-3H3/t25-/m1/s1. The van der Waals surface area contributed by atoms with Crippen LogP contribution in [0.2, 0.25) is 0 Å². The number of hydrogen-bond acceptors (Lipinski definition) is 5. The Morgan fingerprint density at radius 1 is 0.974 bits per heavy atom. The summed E-state index contributed by atoms with van der Waals surface area (Å²) < 4.78 is 11.3. The molecule has 2 aromatic carbocycles. The molecule has 2 aliphatic rings. The van der Waals surface area contributed by atoms with Gasteiger partial charge in [-0.3, -0.25) is 9.69 Å². The van der Waals surface area contributed by atoms with Crippen LogP contribution >= 0.6 is 0 Å². The molecule has 0 spiro atoms. The van der Waals surface area contributed by atoms with Gasteiger partial charge in [-0.25, -0.2) is 4.79 Å². The van der Waals surface area contributed by atoms with Gasteiger partial charge in [-0.15, -0.1) is 0 Å². The Hall–Kier alpha value is -3.52. The average Bonchev–Trinajstić information content (AvgIpc) is 3.26. The van der Waals surface area contributed by atoms with Gasteiger partial charge in [0.1, 0.15) is 5.75 Å². The summed E-state index contributed by atoms with van der Waals surface area (Å²) in [5, 5.41) is 1.12. The minimum Gasteiger partial charge on any atom is -0.493 e. The highest BCUT2D eigenvalue weighted by Crippen LogP contribution is 2.27. The second-order valence-corrected chi connectivity index (χ2v) is 10.8. The molecule has 0 unspecified atom stereocenters. The zero-order chi connectivity index (χ0) is 27.4. The third kappa shape index (κ3) is 6.22. The van der Waals surface area contributed by atoms with Crippen molar-refractivity contribution in [3.63, 3.8) is 0 Å². The van der Waals surface area contributed by atoms with Crippen LogP contribution in [0, 0.1) is 19.8 Å². The molecule has 0 bridgehead atoms. The number of piperidine rings is 1. The zero-order valence-electron chi connectivity index (χ0n) is 23.4. The second-order valence-electron chi connectivity index (χ2n) is 10.8. The Labute approximate surface area is 230 Å². The van der Waals surface area contributed by atoms with Crippen molar-refractivity contribution >= 4 is 22.9 Å². The minimum absolute atomic E-state index is 0.0963. The number of piperazine rings is 1. The van der Waals surface area contributed by atoms with Gasteiger partial charge < -0.3 is 24.3 Å².